The Morgan fingerprint density at radius 1 is 1.28 bits per heavy atom. The molecule has 1 aromatic carbocycles. The Kier molecular flexibility index (Phi) is 5.26. The molecule has 0 unspecified atom stereocenters. The number of carbonyl (C=O) groups is 2. The van der Waals surface area contributed by atoms with Gasteiger partial charge in [0.1, 0.15) is 5.82 Å². The number of amides is 1. The Morgan fingerprint density at radius 2 is 2.04 bits per heavy atom. The molecule has 1 aliphatic rings. The van der Waals surface area contributed by atoms with E-state index in [0.29, 0.717) is 31.4 Å². The van der Waals surface area contributed by atoms with Crippen LogP contribution in [-0.4, -0.2) is 39.0 Å². The lowest BCUT2D eigenvalue weighted by atomic mass is 10.0. The van der Waals surface area contributed by atoms with Gasteiger partial charge in [0.05, 0.1) is 11.8 Å². The molecule has 0 aliphatic carbocycles. The third-order valence-electron chi connectivity index (χ3n) is 4.69. The van der Waals surface area contributed by atoms with Crippen LogP contribution in [0.15, 0.2) is 36.7 Å². The Balaban J connectivity index is 1.56. The van der Waals surface area contributed by atoms with Gasteiger partial charge in [0, 0.05) is 38.7 Å². The molecule has 1 aliphatic heterocycles. The Bertz CT molecular complexity index is 754. The number of likely N-dealkylation sites (tertiary alicyclic amines) is 1. The highest BCUT2D eigenvalue weighted by Crippen LogP contribution is 2.23. The second kappa shape index (κ2) is 7.59. The molecule has 1 atom stereocenters. The molecule has 25 heavy (non-hydrogen) atoms. The van der Waals surface area contributed by atoms with Gasteiger partial charge >= 0.3 is 0 Å². The molecule has 6 heteroatoms. The number of benzene rings is 1. The normalized spacial score (nSPS) is 17.0. The summed E-state index contributed by atoms with van der Waals surface area (Å²) in [5, 5.41) is 4.02. The number of halogens is 1. The summed E-state index contributed by atoms with van der Waals surface area (Å²) in [7, 11) is 1.78. The number of aryl methyl sites for hydroxylation is 2. The van der Waals surface area contributed by atoms with Crippen LogP contribution in [0.25, 0.3) is 0 Å². The van der Waals surface area contributed by atoms with Crippen molar-refractivity contribution in [2.24, 2.45) is 7.05 Å². The zero-order valence-electron chi connectivity index (χ0n) is 14.3. The van der Waals surface area contributed by atoms with E-state index in [4.69, 9.17) is 0 Å². The Hall–Kier alpha value is -2.50. The minimum atomic E-state index is -0.274. The summed E-state index contributed by atoms with van der Waals surface area (Å²) in [5.41, 5.74) is 1.53. The van der Waals surface area contributed by atoms with Gasteiger partial charge in [-0.3, -0.25) is 14.3 Å². The third-order valence-corrected chi connectivity index (χ3v) is 4.69. The maximum atomic E-state index is 12.9. The van der Waals surface area contributed by atoms with E-state index in [2.05, 4.69) is 5.10 Å². The van der Waals surface area contributed by atoms with Crippen molar-refractivity contribution in [1.29, 1.82) is 0 Å². The van der Waals surface area contributed by atoms with E-state index in [-0.39, 0.29) is 23.5 Å². The number of hydrogen-bond acceptors (Lipinski definition) is 3. The molecule has 2 aromatic rings. The zero-order valence-corrected chi connectivity index (χ0v) is 14.3. The molecule has 1 aromatic heterocycles. The molecule has 0 spiro atoms. The van der Waals surface area contributed by atoms with Crippen molar-refractivity contribution in [2.75, 3.05) is 6.54 Å². The topological polar surface area (TPSA) is 55.2 Å². The average molecular weight is 343 g/mol. The van der Waals surface area contributed by atoms with Crippen LogP contribution in [0.5, 0.6) is 0 Å². The molecular formula is C19H22FN3O2. The summed E-state index contributed by atoms with van der Waals surface area (Å²) in [5.74, 6) is -0.189. The first-order chi connectivity index (χ1) is 12.0. The molecule has 2 heterocycles. The third kappa shape index (κ3) is 4.32. The fourth-order valence-corrected chi connectivity index (χ4v) is 3.32. The van der Waals surface area contributed by atoms with Crippen molar-refractivity contribution in [3.63, 3.8) is 0 Å². The van der Waals surface area contributed by atoms with Crippen LogP contribution < -0.4 is 0 Å². The van der Waals surface area contributed by atoms with Crippen LogP contribution >= 0.6 is 0 Å². The van der Waals surface area contributed by atoms with Gasteiger partial charge in [0.2, 0.25) is 5.91 Å². The first-order valence-electron chi connectivity index (χ1n) is 8.58. The van der Waals surface area contributed by atoms with E-state index in [0.717, 1.165) is 18.4 Å². The summed E-state index contributed by atoms with van der Waals surface area (Å²) >= 11 is 0. The largest absolute Gasteiger partial charge is 0.339 e. The molecule has 0 bridgehead atoms. The number of nitrogens with zero attached hydrogens (tertiary/aromatic N) is 3. The Labute approximate surface area is 146 Å². The summed E-state index contributed by atoms with van der Waals surface area (Å²) in [6, 6.07) is 6.19. The van der Waals surface area contributed by atoms with Crippen molar-refractivity contribution >= 4 is 11.7 Å². The predicted molar refractivity (Wildman–Crippen MR) is 91.6 cm³/mol. The highest BCUT2D eigenvalue weighted by atomic mass is 19.1. The van der Waals surface area contributed by atoms with Gasteiger partial charge in [-0.1, -0.05) is 12.1 Å². The van der Waals surface area contributed by atoms with Crippen molar-refractivity contribution in [3.8, 4) is 0 Å². The van der Waals surface area contributed by atoms with Gasteiger partial charge in [-0.05, 0) is 37.0 Å². The first-order valence-corrected chi connectivity index (χ1v) is 8.58. The molecule has 1 fully saturated rings. The maximum absolute atomic E-state index is 12.9. The number of Topliss-reactive ketones (excluding diaryl/α,β-unsaturated/α-hetero) is 1. The van der Waals surface area contributed by atoms with Crippen molar-refractivity contribution in [2.45, 2.75) is 38.1 Å². The summed E-state index contributed by atoms with van der Waals surface area (Å²) in [4.78, 5) is 26.7. The van der Waals surface area contributed by atoms with E-state index < -0.39 is 0 Å². The average Bonchev–Trinajstić information content (AvgIpc) is 3.23. The standard InChI is InChI=1S/C19H22FN3O2/c1-22-13-15(12-21-22)18(24)11-17-3-2-10-23(17)19(25)9-6-14-4-7-16(20)8-5-14/h4-5,7-8,12-13,17H,2-3,6,9-11H2,1H3/t17-/m1/s1. The summed E-state index contributed by atoms with van der Waals surface area (Å²) in [6.07, 6.45) is 6.35. The molecule has 3 rings (SSSR count). The van der Waals surface area contributed by atoms with Gasteiger partial charge in [0.25, 0.3) is 0 Å². The summed E-state index contributed by atoms with van der Waals surface area (Å²) < 4.78 is 14.5. The second-order valence-corrected chi connectivity index (χ2v) is 6.54. The van der Waals surface area contributed by atoms with Crippen molar-refractivity contribution in [1.82, 2.24) is 14.7 Å². The van der Waals surface area contributed by atoms with Gasteiger partial charge in [-0.2, -0.15) is 5.10 Å². The number of rotatable bonds is 6. The van der Waals surface area contributed by atoms with E-state index in [1.54, 1.807) is 36.3 Å². The fraction of sp³-hybridized carbons (Fsp3) is 0.421. The number of ketones is 1. The van der Waals surface area contributed by atoms with Gasteiger partial charge < -0.3 is 4.90 Å². The molecular weight excluding hydrogens is 321 g/mol. The van der Waals surface area contributed by atoms with Crippen molar-refractivity contribution < 1.29 is 14.0 Å². The molecule has 0 radical (unpaired) electrons. The van der Waals surface area contributed by atoms with Crippen LogP contribution in [0.4, 0.5) is 4.39 Å². The lowest BCUT2D eigenvalue weighted by Crippen LogP contribution is -2.37. The summed E-state index contributed by atoms with van der Waals surface area (Å²) in [6.45, 7) is 0.702. The smallest absolute Gasteiger partial charge is 0.223 e. The lowest BCUT2D eigenvalue weighted by Gasteiger charge is -2.24. The highest BCUT2D eigenvalue weighted by molar-refractivity contribution is 5.96. The molecule has 0 saturated carbocycles. The van der Waals surface area contributed by atoms with Crippen LogP contribution in [0.2, 0.25) is 0 Å². The van der Waals surface area contributed by atoms with Crippen LogP contribution in [0.3, 0.4) is 0 Å². The number of aromatic nitrogens is 2. The maximum Gasteiger partial charge on any atom is 0.223 e. The number of carbonyl (C=O) groups excluding carboxylic acids is 2. The van der Waals surface area contributed by atoms with E-state index >= 15 is 0 Å². The SMILES string of the molecule is Cn1cc(C(=O)C[C@H]2CCCN2C(=O)CCc2ccc(F)cc2)cn1. The van der Waals surface area contributed by atoms with Crippen LogP contribution in [0.1, 0.15) is 41.6 Å². The fourth-order valence-electron chi connectivity index (χ4n) is 3.32. The zero-order chi connectivity index (χ0) is 17.8. The minimum Gasteiger partial charge on any atom is -0.339 e. The lowest BCUT2D eigenvalue weighted by molar-refractivity contribution is -0.131. The molecule has 0 N–H and O–H groups in total. The monoisotopic (exact) mass is 343 g/mol. The minimum absolute atomic E-state index is 0.0244. The first kappa shape index (κ1) is 17.3. The van der Waals surface area contributed by atoms with Crippen LogP contribution in [-0.2, 0) is 18.3 Å². The molecule has 132 valence electrons. The van der Waals surface area contributed by atoms with Gasteiger partial charge in [-0.15, -0.1) is 0 Å². The molecule has 5 nitrogen and oxygen atoms in total. The van der Waals surface area contributed by atoms with E-state index in [1.165, 1.54) is 12.1 Å². The highest BCUT2D eigenvalue weighted by Gasteiger charge is 2.30. The molecule has 1 amide bonds. The quantitative estimate of drug-likeness (QED) is 0.758. The molecule has 1 saturated heterocycles. The second-order valence-electron chi connectivity index (χ2n) is 6.54. The van der Waals surface area contributed by atoms with E-state index in [9.17, 15) is 14.0 Å². The predicted octanol–water partition coefficient (Wildman–Crippen LogP) is 2.76. The Morgan fingerprint density at radius 3 is 2.72 bits per heavy atom. The van der Waals surface area contributed by atoms with Gasteiger partial charge in [-0.25, -0.2) is 4.39 Å². The van der Waals surface area contributed by atoms with E-state index in [1.807, 2.05) is 4.90 Å². The van der Waals surface area contributed by atoms with Crippen molar-refractivity contribution in [3.05, 3.63) is 53.6 Å². The van der Waals surface area contributed by atoms with Gasteiger partial charge in [0.15, 0.2) is 5.78 Å². The number of hydrogen-bond donors (Lipinski definition) is 0. The van der Waals surface area contributed by atoms with Crippen LogP contribution in [0, 0.1) is 5.82 Å².